The van der Waals surface area contributed by atoms with Crippen LogP contribution in [-0.2, 0) is 9.59 Å². The molecule has 0 saturated heterocycles. The van der Waals surface area contributed by atoms with Gasteiger partial charge < -0.3 is 14.8 Å². The Hall–Kier alpha value is -2.94. The molecule has 7 nitrogen and oxygen atoms in total. The van der Waals surface area contributed by atoms with Gasteiger partial charge in [0.15, 0.2) is 18.1 Å². The number of hydrogen-bond donors (Lipinski definition) is 2. The normalized spacial score (nSPS) is 10.5. The maximum absolute atomic E-state index is 12.9. The fraction of sp³-hybridized carbons (Fsp3) is 0.167. The molecule has 0 fully saturated rings. The Bertz CT molecular complexity index is 856. The van der Waals surface area contributed by atoms with Crippen LogP contribution in [0.1, 0.15) is 12.5 Å². The zero-order valence-corrected chi connectivity index (χ0v) is 16.2. The van der Waals surface area contributed by atoms with Crippen molar-refractivity contribution >= 4 is 39.6 Å². The van der Waals surface area contributed by atoms with Gasteiger partial charge in [0.1, 0.15) is 5.82 Å². The van der Waals surface area contributed by atoms with Crippen LogP contribution in [0.5, 0.6) is 11.5 Å². The average molecular weight is 438 g/mol. The second-order valence-corrected chi connectivity index (χ2v) is 6.16. The molecule has 0 unspecified atom stereocenters. The molecule has 0 saturated carbocycles. The highest BCUT2D eigenvalue weighted by molar-refractivity contribution is 9.10. The highest BCUT2D eigenvalue weighted by Gasteiger charge is 2.13. The molecule has 27 heavy (non-hydrogen) atoms. The molecular weight excluding hydrogens is 421 g/mol. The van der Waals surface area contributed by atoms with Gasteiger partial charge in [0.25, 0.3) is 5.91 Å². The van der Waals surface area contributed by atoms with Crippen molar-refractivity contribution in [3.05, 3.63) is 52.3 Å². The van der Waals surface area contributed by atoms with Gasteiger partial charge in [-0.05, 0) is 57.9 Å². The van der Waals surface area contributed by atoms with E-state index in [1.54, 1.807) is 12.1 Å². The number of hydrazone groups is 1. The summed E-state index contributed by atoms with van der Waals surface area (Å²) in [6.45, 7) is 1.08. The number of ether oxygens (including phenoxy) is 2. The summed E-state index contributed by atoms with van der Waals surface area (Å²) in [5, 5.41) is 6.38. The summed E-state index contributed by atoms with van der Waals surface area (Å²) in [5.41, 5.74) is 3.41. The summed E-state index contributed by atoms with van der Waals surface area (Å²) in [6.07, 6.45) is 1.44. The number of rotatable bonds is 7. The predicted octanol–water partition coefficient (Wildman–Crippen LogP) is 3.08. The van der Waals surface area contributed by atoms with Crippen LogP contribution >= 0.6 is 15.9 Å². The van der Waals surface area contributed by atoms with E-state index in [-0.39, 0.29) is 18.3 Å². The maximum Gasteiger partial charge on any atom is 0.262 e. The largest absolute Gasteiger partial charge is 0.493 e. The van der Waals surface area contributed by atoms with Gasteiger partial charge in [0, 0.05) is 12.6 Å². The molecule has 2 rings (SSSR count). The minimum atomic E-state index is -0.410. The van der Waals surface area contributed by atoms with Gasteiger partial charge in [-0.15, -0.1) is 0 Å². The van der Waals surface area contributed by atoms with E-state index < -0.39 is 5.91 Å². The fourth-order valence-corrected chi connectivity index (χ4v) is 2.59. The van der Waals surface area contributed by atoms with Gasteiger partial charge in [-0.1, -0.05) is 0 Å². The van der Waals surface area contributed by atoms with Crippen molar-refractivity contribution in [1.29, 1.82) is 0 Å². The molecule has 2 amide bonds. The van der Waals surface area contributed by atoms with Crippen molar-refractivity contribution in [2.75, 3.05) is 19.0 Å². The molecule has 0 radical (unpaired) electrons. The number of nitrogens with zero attached hydrogens (tertiary/aromatic N) is 1. The Kier molecular flexibility index (Phi) is 7.30. The first kappa shape index (κ1) is 20.4. The van der Waals surface area contributed by atoms with E-state index in [2.05, 4.69) is 31.8 Å². The molecule has 0 bridgehead atoms. The van der Waals surface area contributed by atoms with E-state index in [1.165, 1.54) is 44.5 Å². The van der Waals surface area contributed by atoms with Crippen LogP contribution < -0.4 is 20.2 Å². The van der Waals surface area contributed by atoms with E-state index in [9.17, 15) is 14.0 Å². The zero-order chi connectivity index (χ0) is 19.8. The number of amides is 2. The molecule has 0 aromatic heterocycles. The number of halogens is 2. The van der Waals surface area contributed by atoms with Crippen molar-refractivity contribution in [2.45, 2.75) is 6.92 Å². The third-order valence-corrected chi connectivity index (χ3v) is 3.75. The lowest BCUT2D eigenvalue weighted by atomic mass is 10.2. The monoisotopic (exact) mass is 437 g/mol. The topological polar surface area (TPSA) is 89.0 Å². The Labute approximate surface area is 163 Å². The van der Waals surface area contributed by atoms with Crippen LogP contribution in [0.4, 0.5) is 10.1 Å². The van der Waals surface area contributed by atoms with Crippen LogP contribution in [0, 0.1) is 5.82 Å². The molecule has 0 heterocycles. The second-order valence-electron chi connectivity index (χ2n) is 5.30. The first-order valence-corrected chi connectivity index (χ1v) is 8.53. The first-order valence-electron chi connectivity index (χ1n) is 7.74. The van der Waals surface area contributed by atoms with Crippen molar-refractivity contribution in [1.82, 2.24) is 5.43 Å². The predicted molar refractivity (Wildman–Crippen MR) is 103 cm³/mol. The van der Waals surface area contributed by atoms with Crippen LogP contribution in [-0.4, -0.2) is 31.7 Å². The Balaban J connectivity index is 2.04. The highest BCUT2D eigenvalue weighted by atomic mass is 79.9. The zero-order valence-electron chi connectivity index (χ0n) is 14.6. The minimum Gasteiger partial charge on any atom is -0.493 e. The highest BCUT2D eigenvalue weighted by Crippen LogP contribution is 2.36. The van der Waals surface area contributed by atoms with Gasteiger partial charge in [0.2, 0.25) is 5.91 Å². The smallest absolute Gasteiger partial charge is 0.262 e. The molecule has 142 valence electrons. The quantitative estimate of drug-likeness (QED) is 0.514. The number of carbonyl (C=O) groups excluding carboxylic acids is 2. The lowest BCUT2D eigenvalue weighted by Gasteiger charge is -2.13. The van der Waals surface area contributed by atoms with E-state index in [0.717, 1.165) is 0 Å². The lowest BCUT2D eigenvalue weighted by molar-refractivity contribution is -0.119. The number of nitrogens with one attached hydrogen (secondary N) is 2. The Morgan fingerprint density at radius 3 is 2.59 bits per heavy atom. The summed E-state index contributed by atoms with van der Waals surface area (Å²) < 4.78 is 24.2. The Morgan fingerprint density at radius 2 is 1.96 bits per heavy atom. The summed E-state index contributed by atoms with van der Waals surface area (Å²) in [6, 6.07) is 8.73. The molecule has 0 spiro atoms. The number of hydrogen-bond acceptors (Lipinski definition) is 5. The fourth-order valence-electron chi connectivity index (χ4n) is 2.02. The number of anilines is 1. The Morgan fingerprint density at radius 1 is 1.26 bits per heavy atom. The van der Waals surface area contributed by atoms with Crippen molar-refractivity contribution in [2.24, 2.45) is 5.10 Å². The molecular formula is C18H17BrFN3O4. The third-order valence-electron chi connectivity index (χ3n) is 3.16. The molecule has 0 atom stereocenters. The summed E-state index contributed by atoms with van der Waals surface area (Å²) in [7, 11) is 1.46. The van der Waals surface area contributed by atoms with Crippen LogP contribution in [0.15, 0.2) is 46.0 Å². The summed E-state index contributed by atoms with van der Waals surface area (Å²) in [5.74, 6) is -0.372. The van der Waals surface area contributed by atoms with Crippen LogP contribution in [0.25, 0.3) is 0 Å². The van der Waals surface area contributed by atoms with Crippen molar-refractivity contribution in [3.8, 4) is 11.5 Å². The van der Waals surface area contributed by atoms with Gasteiger partial charge >= 0.3 is 0 Å². The van der Waals surface area contributed by atoms with E-state index in [0.29, 0.717) is 27.2 Å². The van der Waals surface area contributed by atoms with E-state index in [1.807, 2.05) is 0 Å². The first-order chi connectivity index (χ1) is 12.9. The summed E-state index contributed by atoms with van der Waals surface area (Å²) in [4.78, 5) is 22.8. The number of carbonyl (C=O) groups is 2. The van der Waals surface area contributed by atoms with E-state index >= 15 is 0 Å². The SMILES string of the molecule is COc1cc(/C=N\NC(C)=O)cc(Br)c1OCC(=O)Nc1ccc(F)cc1. The molecule has 2 N–H and O–H groups in total. The van der Waals surface area contributed by atoms with Crippen molar-refractivity contribution < 1.29 is 23.5 Å². The third kappa shape index (κ3) is 6.37. The van der Waals surface area contributed by atoms with Crippen molar-refractivity contribution in [3.63, 3.8) is 0 Å². The number of methoxy groups -OCH3 is 1. The van der Waals surface area contributed by atoms with E-state index in [4.69, 9.17) is 9.47 Å². The van der Waals surface area contributed by atoms with Gasteiger partial charge in [-0.2, -0.15) is 5.10 Å². The molecule has 0 aliphatic rings. The molecule has 0 aliphatic heterocycles. The number of benzene rings is 2. The lowest BCUT2D eigenvalue weighted by Crippen LogP contribution is -2.20. The van der Waals surface area contributed by atoms with Gasteiger partial charge in [-0.25, -0.2) is 9.82 Å². The molecule has 2 aromatic rings. The average Bonchev–Trinajstić information content (AvgIpc) is 2.62. The van der Waals surface area contributed by atoms with Crippen LogP contribution in [0.3, 0.4) is 0 Å². The van der Waals surface area contributed by atoms with Crippen LogP contribution in [0.2, 0.25) is 0 Å². The van der Waals surface area contributed by atoms with Gasteiger partial charge in [-0.3, -0.25) is 9.59 Å². The molecule has 0 aliphatic carbocycles. The maximum atomic E-state index is 12.9. The minimum absolute atomic E-state index is 0.272. The molecule has 2 aromatic carbocycles. The molecule has 9 heteroatoms. The summed E-state index contributed by atoms with van der Waals surface area (Å²) >= 11 is 3.36. The second kappa shape index (κ2) is 9.67. The standard InChI is InChI=1S/C18H17BrFN3O4/c1-11(24)23-21-9-12-7-15(19)18(16(8-12)26-2)27-10-17(25)22-14-5-3-13(20)4-6-14/h3-9H,10H2,1-2H3,(H,22,25)(H,23,24)/b21-9-. The van der Waals surface area contributed by atoms with Gasteiger partial charge in [0.05, 0.1) is 17.8 Å².